The summed E-state index contributed by atoms with van der Waals surface area (Å²) in [6.07, 6.45) is 5.48. The quantitative estimate of drug-likeness (QED) is 0.816. The Morgan fingerprint density at radius 3 is 2.94 bits per heavy atom. The van der Waals surface area contributed by atoms with E-state index in [0.717, 1.165) is 11.4 Å². The van der Waals surface area contributed by atoms with Crippen molar-refractivity contribution in [3.05, 3.63) is 43.0 Å². The van der Waals surface area contributed by atoms with Gasteiger partial charge >= 0.3 is 0 Å². The Morgan fingerprint density at radius 1 is 1.44 bits per heavy atom. The lowest BCUT2D eigenvalue weighted by atomic mass is 10.2. The highest BCUT2D eigenvalue weighted by atomic mass is 15.1. The van der Waals surface area contributed by atoms with E-state index in [1.165, 1.54) is 0 Å². The molecule has 0 aliphatic carbocycles. The summed E-state index contributed by atoms with van der Waals surface area (Å²) in [5.74, 6) is 0. The van der Waals surface area contributed by atoms with Crippen LogP contribution in [0.25, 0.3) is 5.69 Å². The molecule has 2 rings (SSSR count). The summed E-state index contributed by atoms with van der Waals surface area (Å²) in [4.78, 5) is 4.05. The van der Waals surface area contributed by atoms with Crippen LogP contribution < -0.4 is 11.1 Å². The van der Waals surface area contributed by atoms with Crippen LogP contribution in [0.4, 0.5) is 5.69 Å². The van der Waals surface area contributed by atoms with Crippen molar-refractivity contribution in [2.24, 2.45) is 5.73 Å². The number of benzene rings is 1. The predicted octanol–water partition coefficient (Wildman–Crippen LogP) is 1.63. The minimum absolute atomic E-state index is 0.254. The summed E-state index contributed by atoms with van der Waals surface area (Å²) in [6.45, 7) is 2.67. The average Bonchev–Trinajstić information content (AvgIpc) is 2.83. The van der Waals surface area contributed by atoms with Gasteiger partial charge in [-0.15, -0.1) is 0 Å². The van der Waals surface area contributed by atoms with Crippen LogP contribution in [0.5, 0.6) is 0 Å². The lowest BCUT2D eigenvalue weighted by Gasteiger charge is -2.16. The van der Waals surface area contributed by atoms with Crippen molar-refractivity contribution in [2.45, 2.75) is 13.0 Å². The molecule has 0 fully saturated rings. The summed E-state index contributed by atoms with van der Waals surface area (Å²) >= 11 is 0. The molecule has 0 saturated heterocycles. The van der Waals surface area contributed by atoms with E-state index in [0.29, 0.717) is 6.54 Å². The van der Waals surface area contributed by atoms with Gasteiger partial charge in [-0.3, -0.25) is 0 Å². The first-order valence-electron chi connectivity index (χ1n) is 5.35. The smallest absolute Gasteiger partial charge is 0.0992 e. The second-order valence-electron chi connectivity index (χ2n) is 3.77. The fourth-order valence-electron chi connectivity index (χ4n) is 1.55. The summed E-state index contributed by atoms with van der Waals surface area (Å²) in [6, 6.07) is 8.36. The van der Waals surface area contributed by atoms with Crippen molar-refractivity contribution in [3.8, 4) is 5.69 Å². The number of hydrogen-bond donors (Lipinski definition) is 2. The van der Waals surface area contributed by atoms with E-state index in [9.17, 15) is 0 Å². The van der Waals surface area contributed by atoms with Crippen LogP contribution >= 0.6 is 0 Å². The monoisotopic (exact) mass is 216 g/mol. The third kappa shape index (κ3) is 2.23. The van der Waals surface area contributed by atoms with Crippen LogP contribution in [0.1, 0.15) is 6.92 Å². The molecule has 0 spiro atoms. The molecule has 16 heavy (non-hydrogen) atoms. The van der Waals surface area contributed by atoms with Crippen LogP contribution in [0.15, 0.2) is 43.0 Å². The number of imidazole rings is 1. The summed E-state index contributed by atoms with van der Waals surface area (Å²) < 4.78 is 1.98. The number of aromatic nitrogens is 2. The lowest BCUT2D eigenvalue weighted by molar-refractivity contribution is 0.802. The van der Waals surface area contributed by atoms with Gasteiger partial charge in [-0.05, 0) is 19.1 Å². The van der Waals surface area contributed by atoms with E-state index in [1.54, 1.807) is 12.5 Å². The first kappa shape index (κ1) is 10.7. The van der Waals surface area contributed by atoms with Gasteiger partial charge in [-0.2, -0.15) is 0 Å². The molecule has 0 radical (unpaired) electrons. The maximum absolute atomic E-state index is 5.61. The van der Waals surface area contributed by atoms with Crippen LogP contribution in [0.3, 0.4) is 0 Å². The zero-order valence-corrected chi connectivity index (χ0v) is 9.30. The van der Waals surface area contributed by atoms with E-state index in [4.69, 9.17) is 5.73 Å². The SMILES string of the molecule is CC(CN)Nc1ccccc1-n1ccnc1. The fraction of sp³-hybridized carbons (Fsp3) is 0.250. The van der Waals surface area contributed by atoms with Crippen molar-refractivity contribution >= 4 is 5.69 Å². The maximum Gasteiger partial charge on any atom is 0.0992 e. The first-order chi connectivity index (χ1) is 7.81. The molecule has 0 bridgehead atoms. The largest absolute Gasteiger partial charge is 0.380 e. The predicted molar refractivity (Wildman–Crippen MR) is 65.7 cm³/mol. The summed E-state index contributed by atoms with van der Waals surface area (Å²) in [5, 5.41) is 3.37. The Bertz CT molecular complexity index is 436. The van der Waals surface area contributed by atoms with E-state index in [2.05, 4.69) is 17.2 Å². The molecule has 4 nitrogen and oxygen atoms in total. The van der Waals surface area contributed by atoms with Gasteiger partial charge in [-0.25, -0.2) is 4.98 Å². The molecule has 2 aromatic rings. The zero-order valence-electron chi connectivity index (χ0n) is 9.30. The van der Waals surface area contributed by atoms with Gasteiger partial charge in [0.25, 0.3) is 0 Å². The fourth-order valence-corrected chi connectivity index (χ4v) is 1.55. The van der Waals surface area contributed by atoms with E-state index >= 15 is 0 Å². The normalized spacial score (nSPS) is 12.4. The Morgan fingerprint density at radius 2 is 2.25 bits per heavy atom. The van der Waals surface area contributed by atoms with Crippen LogP contribution in [-0.4, -0.2) is 22.1 Å². The summed E-state index contributed by atoms with van der Waals surface area (Å²) in [5.41, 5.74) is 7.76. The number of rotatable bonds is 4. The standard InChI is InChI=1S/C12H16N4/c1-10(8-13)15-11-4-2-3-5-12(11)16-7-6-14-9-16/h2-7,9-10,15H,8,13H2,1H3. The number of anilines is 1. The van der Waals surface area contributed by atoms with Crippen molar-refractivity contribution in [1.82, 2.24) is 9.55 Å². The molecule has 4 heteroatoms. The molecule has 1 atom stereocenters. The van der Waals surface area contributed by atoms with Gasteiger partial charge in [0, 0.05) is 25.0 Å². The molecular formula is C12H16N4. The Kier molecular flexibility index (Phi) is 3.22. The van der Waals surface area contributed by atoms with Gasteiger partial charge in [0.1, 0.15) is 0 Å². The van der Waals surface area contributed by atoms with Crippen LogP contribution in [0.2, 0.25) is 0 Å². The third-order valence-corrected chi connectivity index (χ3v) is 2.44. The van der Waals surface area contributed by atoms with E-state index < -0.39 is 0 Å². The molecule has 1 aromatic carbocycles. The molecule has 1 heterocycles. The van der Waals surface area contributed by atoms with E-state index in [1.807, 2.05) is 35.0 Å². The highest BCUT2D eigenvalue weighted by Crippen LogP contribution is 2.19. The molecule has 1 unspecified atom stereocenters. The Labute approximate surface area is 95.1 Å². The molecule has 0 amide bonds. The first-order valence-corrected chi connectivity index (χ1v) is 5.35. The molecule has 0 aliphatic heterocycles. The highest BCUT2D eigenvalue weighted by Gasteiger charge is 2.05. The Balaban J connectivity index is 2.31. The molecule has 0 saturated carbocycles. The zero-order chi connectivity index (χ0) is 11.4. The number of hydrogen-bond acceptors (Lipinski definition) is 3. The van der Waals surface area contributed by atoms with Crippen molar-refractivity contribution in [3.63, 3.8) is 0 Å². The van der Waals surface area contributed by atoms with Gasteiger partial charge in [-0.1, -0.05) is 12.1 Å². The minimum Gasteiger partial charge on any atom is -0.380 e. The van der Waals surface area contributed by atoms with Gasteiger partial charge in [0.05, 0.1) is 17.7 Å². The third-order valence-electron chi connectivity index (χ3n) is 2.44. The topological polar surface area (TPSA) is 55.9 Å². The van der Waals surface area contributed by atoms with Crippen molar-refractivity contribution in [1.29, 1.82) is 0 Å². The van der Waals surface area contributed by atoms with Crippen LogP contribution in [0, 0.1) is 0 Å². The van der Waals surface area contributed by atoms with E-state index in [-0.39, 0.29) is 6.04 Å². The van der Waals surface area contributed by atoms with Gasteiger partial charge in [0.2, 0.25) is 0 Å². The van der Waals surface area contributed by atoms with Gasteiger partial charge in [0.15, 0.2) is 0 Å². The summed E-state index contributed by atoms with van der Waals surface area (Å²) in [7, 11) is 0. The average molecular weight is 216 g/mol. The Hall–Kier alpha value is -1.81. The molecule has 1 aromatic heterocycles. The minimum atomic E-state index is 0.254. The molecule has 3 N–H and O–H groups in total. The number of nitrogens with zero attached hydrogens (tertiary/aromatic N) is 2. The van der Waals surface area contributed by atoms with Crippen molar-refractivity contribution < 1.29 is 0 Å². The molecular weight excluding hydrogens is 200 g/mol. The number of para-hydroxylation sites is 2. The highest BCUT2D eigenvalue weighted by molar-refractivity contribution is 5.61. The van der Waals surface area contributed by atoms with Gasteiger partial charge < -0.3 is 15.6 Å². The second kappa shape index (κ2) is 4.81. The second-order valence-corrected chi connectivity index (χ2v) is 3.77. The lowest BCUT2D eigenvalue weighted by Crippen LogP contribution is -2.25. The molecule has 0 aliphatic rings. The number of nitrogens with two attached hydrogens (primary N) is 1. The molecule has 84 valence electrons. The van der Waals surface area contributed by atoms with Crippen LogP contribution in [-0.2, 0) is 0 Å². The maximum atomic E-state index is 5.61. The van der Waals surface area contributed by atoms with Crippen molar-refractivity contribution in [2.75, 3.05) is 11.9 Å². The number of nitrogens with one attached hydrogen (secondary N) is 1.